The van der Waals surface area contributed by atoms with Gasteiger partial charge in [-0.3, -0.25) is 4.79 Å². The summed E-state index contributed by atoms with van der Waals surface area (Å²) in [5.74, 6) is 0.0764. The molecular weight excluding hydrogens is 238 g/mol. The molecule has 4 nitrogen and oxygen atoms in total. The first-order chi connectivity index (χ1) is 6.63. The van der Waals surface area contributed by atoms with Crippen LogP contribution in [0.1, 0.15) is 20.8 Å². The quantitative estimate of drug-likeness (QED) is 0.740. The van der Waals surface area contributed by atoms with E-state index in [9.17, 15) is 13.2 Å². The van der Waals surface area contributed by atoms with Crippen LogP contribution in [0.4, 0.5) is 0 Å². The molecule has 0 saturated heterocycles. The molecule has 0 aliphatic carbocycles. The highest BCUT2D eigenvalue weighted by Crippen LogP contribution is 2.15. The molecule has 0 rings (SSSR count). The van der Waals surface area contributed by atoms with Gasteiger partial charge in [0, 0.05) is 18.7 Å². The van der Waals surface area contributed by atoms with E-state index in [2.05, 4.69) is 5.32 Å². The maximum Gasteiger partial charge on any atom is 0.240 e. The minimum atomic E-state index is -3.40. The molecule has 0 fully saturated rings. The molecule has 1 N–H and O–H groups in total. The Bertz CT molecular complexity index is 324. The van der Waals surface area contributed by atoms with Crippen molar-refractivity contribution in [1.29, 1.82) is 0 Å². The second-order valence-electron chi connectivity index (χ2n) is 4.25. The first-order valence-corrected chi connectivity index (χ1v) is 7.09. The van der Waals surface area contributed by atoms with Gasteiger partial charge in [0.2, 0.25) is 5.91 Å². The molecule has 0 aromatic heterocycles. The van der Waals surface area contributed by atoms with E-state index in [0.29, 0.717) is 12.4 Å². The Hall–Kier alpha value is -0.290. The molecular formula is C9H18ClNO3S. The highest BCUT2D eigenvalue weighted by atomic mass is 35.5. The molecule has 0 aromatic carbocycles. The van der Waals surface area contributed by atoms with Crippen molar-refractivity contribution in [2.75, 3.05) is 18.7 Å². The number of nitrogens with one attached hydrogen (secondary N) is 1. The molecule has 0 aromatic rings. The smallest absolute Gasteiger partial charge is 0.240 e. The molecule has 0 bridgehead atoms. The number of hydrogen-bond acceptors (Lipinski definition) is 3. The fraction of sp³-hybridized carbons (Fsp3) is 0.889. The zero-order chi connectivity index (χ0) is 12.3. The number of hydrogen-bond donors (Lipinski definition) is 1. The number of carbonyl (C=O) groups is 1. The summed E-state index contributed by atoms with van der Waals surface area (Å²) in [7, 11) is -3.40. The van der Waals surface area contributed by atoms with E-state index in [1.165, 1.54) is 13.8 Å². The molecule has 1 atom stereocenters. The second-order valence-corrected chi connectivity index (χ2v) is 7.13. The van der Waals surface area contributed by atoms with E-state index in [1.54, 1.807) is 0 Å². The van der Waals surface area contributed by atoms with Crippen LogP contribution in [0.15, 0.2) is 0 Å². The standard InChI is InChI=1S/C9H18ClNO3S/c1-7(5-10)6-11-8(12)9(2,3)15(4,13)14/h7H,5-6H2,1-4H3,(H,11,12). The van der Waals surface area contributed by atoms with Crippen LogP contribution < -0.4 is 5.32 Å². The van der Waals surface area contributed by atoms with Gasteiger partial charge in [0.15, 0.2) is 9.84 Å². The fourth-order valence-electron chi connectivity index (χ4n) is 0.703. The molecule has 0 radical (unpaired) electrons. The maximum atomic E-state index is 11.6. The Morgan fingerprint density at radius 2 is 1.93 bits per heavy atom. The molecule has 1 amide bonds. The molecule has 90 valence electrons. The van der Waals surface area contributed by atoms with Crippen molar-refractivity contribution in [3.63, 3.8) is 0 Å². The number of sulfone groups is 1. The highest BCUT2D eigenvalue weighted by Gasteiger charge is 2.38. The lowest BCUT2D eigenvalue weighted by molar-refractivity contribution is -0.123. The lowest BCUT2D eigenvalue weighted by atomic mass is 10.1. The summed E-state index contributed by atoms with van der Waals surface area (Å²) < 4.78 is 21.3. The van der Waals surface area contributed by atoms with E-state index in [0.717, 1.165) is 6.26 Å². The van der Waals surface area contributed by atoms with E-state index < -0.39 is 20.5 Å². The summed E-state index contributed by atoms with van der Waals surface area (Å²) in [5, 5.41) is 2.58. The van der Waals surface area contributed by atoms with Crippen molar-refractivity contribution in [2.24, 2.45) is 5.92 Å². The normalized spacial score (nSPS) is 14.7. The Morgan fingerprint density at radius 3 is 2.27 bits per heavy atom. The van der Waals surface area contributed by atoms with Crippen molar-refractivity contribution in [1.82, 2.24) is 5.32 Å². The molecule has 0 spiro atoms. The molecule has 0 aliphatic rings. The Morgan fingerprint density at radius 1 is 1.47 bits per heavy atom. The third-order valence-electron chi connectivity index (χ3n) is 2.35. The molecule has 6 heteroatoms. The molecule has 1 unspecified atom stereocenters. The molecule has 0 heterocycles. The Labute approximate surface area is 96.3 Å². The first-order valence-electron chi connectivity index (χ1n) is 4.66. The van der Waals surface area contributed by atoms with Crippen LogP contribution in [-0.4, -0.2) is 37.8 Å². The summed E-state index contributed by atoms with van der Waals surface area (Å²) in [6.07, 6.45) is 1.05. The first kappa shape index (κ1) is 14.7. The van der Waals surface area contributed by atoms with Crippen LogP contribution in [0.5, 0.6) is 0 Å². The maximum absolute atomic E-state index is 11.6. The molecule has 0 aliphatic heterocycles. The highest BCUT2D eigenvalue weighted by molar-refractivity contribution is 7.92. The van der Waals surface area contributed by atoms with Crippen molar-refractivity contribution in [3.05, 3.63) is 0 Å². The predicted octanol–water partition coefficient (Wildman–Crippen LogP) is 0.801. The lowest BCUT2D eigenvalue weighted by Gasteiger charge is -2.22. The Balaban J connectivity index is 4.47. The van der Waals surface area contributed by atoms with Crippen molar-refractivity contribution >= 4 is 27.3 Å². The van der Waals surface area contributed by atoms with Crippen LogP contribution in [0, 0.1) is 5.92 Å². The van der Waals surface area contributed by atoms with E-state index in [1.807, 2.05) is 6.92 Å². The summed E-state index contributed by atoms with van der Waals surface area (Å²) in [5.41, 5.74) is 0. The second kappa shape index (κ2) is 5.16. The largest absolute Gasteiger partial charge is 0.354 e. The van der Waals surface area contributed by atoms with Gasteiger partial charge in [-0.15, -0.1) is 11.6 Å². The van der Waals surface area contributed by atoms with Gasteiger partial charge in [-0.25, -0.2) is 8.42 Å². The van der Waals surface area contributed by atoms with Crippen LogP contribution in [0.2, 0.25) is 0 Å². The third kappa shape index (κ3) is 3.99. The average Bonchev–Trinajstić information content (AvgIpc) is 2.11. The zero-order valence-corrected chi connectivity index (χ0v) is 11.1. The van der Waals surface area contributed by atoms with E-state index >= 15 is 0 Å². The van der Waals surface area contributed by atoms with Gasteiger partial charge in [-0.05, 0) is 19.8 Å². The lowest BCUT2D eigenvalue weighted by Crippen LogP contribution is -2.48. The molecule has 15 heavy (non-hydrogen) atoms. The monoisotopic (exact) mass is 255 g/mol. The number of halogens is 1. The van der Waals surface area contributed by atoms with Gasteiger partial charge in [0.1, 0.15) is 4.75 Å². The third-order valence-corrected chi connectivity index (χ3v) is 4.91. The van der Waals surface area contributed by atoms with E-state index in [-0.39, 0.29) is 5.92 Å². The minimum absolute atomic E-state index is 0.131. The number of carbonyl (C=O) groups excluding carboxylic acids is 1. The van der Waals surface area contributed by atoms with Gasteiger partial charge in [-0.1, -0.05) is 6.92 Å². The van der Waals surface area contributed by atoms with Crippen molar-refractivity contribution in [3.8, 4) is 0 Å². The topological polar surface area (TPSA) is 63.2 Å². The average molecular weight is 256 g/mol. The van der Waals surface area contributed by atoms with Gasteiger partial charge < -0.3 is 5.32 Å². The molecule has 0 saturated carbocycles. The number of rotatable bonds is 5. The fourth-order valence-corrected chi connectivity index (χ4v) is 1.22. The van der Waals surface area contributed by atoms with Gasteiger partial charge in [-0.2, -0.15) is 0 Å². The SMILES string of the molecule is CC(CCl)CNC(=O)C(C)(C)S(C)(=O)=O. The van der Waals surface area contributed by atoms with Gasteiger partial charge in [0.25, 0.3) is 0 Å². The van der Waals surface area contributed by atoms with E-state index in [4.69, 9.17) is 11.6 Å². The summed E-state index contributed by atoms with van der Waals surface area (Å²) in [6, 6.07) is 0. The van der Waals surface area contributed by atoms with Crippen molar-refractivity contribution in [2.45, 2.75) is 25.5 Å². The van der Waals surface area contributed by atoms with Gasteiger partial charge in [0.05, 0.1) is 0 Å². The summed E-state index contributed by atoms with van der Waals surface area (Å²) in [4.78, 5) is 11.6. The van der Waals surface area contributed by atoms with Gasteiger partial charge >= 0.3 is 0 Å². The summed E-state index contributed by atoms with van der Waals surface area (Å²) >= 11 is 5.57. The Kier molecular flexibility index (Phi) is 5.06. The summed E-state index contributed by atoms with van der Waals surface area (Å²) in [6.45, 7) is 5.05. The zero-order valence-electron chi connectivity index (χ0n) is 9.50. The van der Waals surface area contributed by atoms with Crippen molar-refractivity contribution < 1.29 is 13.2 Å². The predicted molar refractivity (Wildman–Crippen MR) is 61.8 cm³/mol. The van der Waals surface area contributed by atoms with Crippen LogP contribution in [0.25, 0.3) is 0 Å². The number of amides is 1. The van der Waals surface area contributed by atoms with Crippen LogP contribution >= 0.6 is 11.6 Å². The number of alkyl halides is 1. The minimum Gasteiger partial charge on any atom is -0.354 e. The van der Waals surface area contributed by atoms with Crippen LogP contribution in [0.3, 0.4) is 0 Å². The van der Waals surface area contributed by atoms with Crippen LogP contribution in [-0.2, 0) is 14.6 Å².